The number of benzene rings is 1. The third-order valence-electron chi connectivity index (χ3n) is 3.12. The molecule has 4 heteroatoms. The van der Waals surface area contributed by atoms with Crippen molar-refractivity contribution in [3.63, 3.8) is 0 Å². The van der Waals surface area contributed by atoms with E-state index in [1.54, 1.807) is 0 Å². The molecule has 2 aliphatic rings. The van der Waals surface area contributed by atoms with Gasteiger partial charge in [0.05, 0.1) is 13.2 Å². The molecule has 0 bridgehead atoms. The molecule has 4 nitrogen and oxygen atoms in total. The Morgan fingerprint density at radius 2 is 2.25 bits per heavy atom. The first-order valence-corrected chi connectivity index (χ1v) is 5.54. The van der Waals surface area contributed by atoms with Crippen molar-refractivity contribution < 1.29 is 9.84 Å². The van der Waals surface area contributed by atoms with Gasteiger partial charge >= 0.3 is 0 Å². The van der Waals surface area contributed by atoms with Crippen molar-refractivity contribution in [2.75, 3.05) is 19.7 Å². The number of hydrogen-bond acceptors (Lipinski definition) is 4. The molecule has 0 amide bonds. The molecule has 2 heterocycles. The molecule has 84 valence electrons. The minimum atomic E-state index is -0.995. The Labute approximate surface area is 94.0 Å². The summed E-state index contributed by atoms with van der Waals surface area (Å²) in [5.74, 6) is 1.44. The van der Waals surface area contributed by atoms with Crippen LogP contribution in [-0.2, 0) is 5.60 Å². The zero-order valence-corrected chi connectivity index (χ0v) is 8.94. The van der Waals surface area contributed by atoms with Gasteiger partial charge in [-0.3, -0.25) is 4.99 Å². The quantitative estimate of drug-likeness (QED) is 0.728. The van der Waals surface area contributed by atoms with Gasteiger partial charge in [0.25, 0.3) is 0 Å². The largest absolute Gasteiger partial charge is 0.493 e. The predicted molar refractivity (Wildman–Crippen MR) is 60.8 cm³/mol. The van der Waals surface area contributed by atoms with Gasteiger partial charge in [-0.2, -0.15) is 0 Å². The van der Waals surface area contributed by atoms with Gasteiger partial charge < -0.3 is 15.2 Å². The predicted octanol–water partition coefficient (Wildman–Crippen LogP) is 0.658. The van der Waals surface area contributed by atoms with Crippen LogP contribution in [0.2, 0.25) is 0 Å². The lowest BCUT2D eigenvalue weighted by molar-refractivity contribution is 0.0581. The fourth-order valence-electron chi connectivity index (χ4n) is 2.30. The average Bonchev–Trinajstić information content (AvgIpc) is 2.84. The van der Waals surface area contributed by atoms with E-state index in [1.165, 1.54) is 0 Å². The van der Waals surface area contributed by atoms with Gasteiger partial charge in [0.1, 0.15) is 11.6 Å². The molecule has 2 N–H and O–H groups in total. The second-order valence-corrected chi connectivity index (χ2v) is 4.11. The average molecular weight is 218 g/mol. The van der Waals surface area contributed by atoms with Crippen molar-refractivity contribution in [1.82, 2.24) is 5.32 Å². The van der Waals surface area contributed by atoms with E-state index < -0.39 is 5.60 Å². The number of para-hydroxylation sites is 1. The molecule has 16 heavy (non-hydrogen) atoms. The van der Waals surface area contributed by atoms with E-state index in [2.05, 4.69) is 10.3 Å². The highest BCUT2D eigenvalue weighted by Gasteiger charge is 2.41. The van der Waals surface area contributed by atoms with Gasteiger partial charge in [0, 0.05) is 18.5 Å². The molecule has 0 spiro atoms. The summed E-state index contributed by atoms with van der Waals surface area (Å²) in [5.41, 5.74) is -0.180. The van der Waals surface area contributed by atoms with Crippen molar-refractivity contribution in [1.29, 1.82) is 0 Å². The molecular formula is C12H14N2O2. The molecule has 3 rings (SSSR count). The Morgan fingerprint density at radius 1 is 1.38 bits per heavy atom. The highest BCUT2D eigenvalue weighted by molar-refractivity contribution is 5.93. The number of nitrogens with one attached hydrogen (secondary N) is 1. The maximum Gasteiger partial charge on any atom is 0.153 e. The molecule has 0 radical (unpaired) electrons. The van der Waals surface area contributed by atoms with Crippen LogP contribution in [0.5, 0.6) is 5.75 Å². The Morgan fingerprint density at radius 3 is 3.06 bits per heavy atom. The standard InChI is InChI=1S/C12H14N2O2/c15-12(11-13-6-7-14-11)5-8-16-10-4-2-1-3-9(10)12/h1-4,15H,5-8H2,(H,13,14). The Balaban J connectivity index is 2.09. The molecule has 1 atom stereocenters. The molecule has 2 aliphatic heterocycles. The van der Waals surface area contributed by atoms with Gasteiger partial charge in [-0.1, -0.05) is 18.2 Å². The van der Waals surface area contributed by atoms with Crippen LogP contribution in [0.15, 0.2) is 29.3 Å². The van der Waals surface area contributed by atoms with E-state index in [1.807, 2.05) is 24.3 Å². The molecule has 1 unspecified atom stereocenters. The number of ether oxygens (including phenoxy) is 1. The summed E-state index contributed by atoms with van der Waals surface area (Å²) in [4.78, 5) is 4.33. The molecule has 1 aromatic rings. The van der Waals surface area contributed by atoms with Crippen molar-refractivity contribution >= 4 is 5.84 Å². The van der Waals surface area contributed by atoms with Crippen molar-refractivity contribution in [2.45, 2.75) is 12.0 Å². The fourth-order valence-corrected chi connectivity index (χ4v) is 2.30. The van der Waals surface area contributed by atoms with E-state index in [-0.39, 0.29) is 0 Å². The maximum absolute atomic E-state index is 10.7. The number of fused-ring (bicyclic) bond motifs is 1. The molecule has 1 aromatic carbocycles. The topological polar surface area (TPSA) is 53.9 Å². The van der Waals surface area contributed by atoms with Crippen LogP contribution in [0.1, 0.15) is 12.0 Å². The molecule has 0 aromatic heterocycles. The van der Waals surface area contributed by atoms with Crippen LogP contribution in [0.25, 0.3) is 0 Å². The number of rotatable bonds is 1. The lowest BCUT2D eigenvalue weighted by atomic mass is 9.87. The van der Waals surface area contributed by atoms with E-state index in [0.717, 1.165) is 24.4 Å². The van der Waals surface area contributed by atoms with E-state index in [0.29, 0.717) is 18.9 Å². The van der Waals surface area contributed by atoms with Crippen LogP contribution < -0.4 is 10.1 Å². The van der Waals surface area contributed by atoms with Crippen LogP contribution >= 0.6 is 0 Å². The first-order valence-electron chi connectivity index (χ1n) is 5.54. The van der Waals surface area contributed by atoms with Crippen LogP contribution in [0.3, 0.4) is 0 Å². The van der Waals surface area contributed by atoms with E-state index in [4.69, 9.17) is 4.74 Å². The number of nitrogens with zero attached hydrogens (tertiary/aromatic N) is 1. The summed E-state index contributed by atoms with van der Waals surface area (Å²) in [5, 5.41) is 13.9. The van der Waals surface area contributed by atoms with Crippen LogP contribution in [0, 0.1) is 0 Å². The summed E-state index contributed by atoms with van der Waals surface area (Å²) in [6.07, 6.45) is 0.551. The van der Waals surface area contributed by atoms with E-state index >= 15 is 0 Å². The molecular weight excluding hydrogens is 204 g/mol. The zero-order valence-electron chi connectivity index (χ0n) is 8.94. The first kappa shape index (κ1) is 9.66. The lowest BCUT2D eigenvalue weighted by Gasteiger charge is -2.34. The first-order chi connectivity index (χ1) is 7.81. The Bertz CT molecular complexity index is 444. The van der Waals surface area contributed by atoms with Crippen LogP contribution in [-0.4, -0.2) is 30.6 Å². The lowest BCUT2D eigenvalue weighted by Crippen LogP contribution is -2.45. The molecule has 0 saturated heterocycles. The van der Waals surface area contributed by atoms with Crippen molar-refractivity contribution in [3.05, 3.63) is 29.8 Å². The Kier molecular flexibility index (Phi) is 2.11. The minimum absolute atomic E-state index is 0.522. The molecule has 0 saturated carbocycles. The number of hydrogen-bond donors (Lipinski definition) is 2. The van der Waals surface area contributed by atoms with Gasteiger partial charge in [0.2, 0.25) is 0 Å². The van der Waals surface area contributed by atoms with Gasteiger partial charge in [-0.15, -0.1) is 0 Å². The smallest absolute Gasteiger partial charge is 0.153 e. The number of amidine groups is 1. The Hall–Kier alpha value is -1.55. The summed E-state index contributed by atoms with van der Waals surface area (Å²) < 4.78 is 5.54. The minimum Gasteiger partial charge on any atom is -0.493 e. The van der Waals surface area contributed by atoms with Crippen LogP contribution in [0.4, 0.5) is 0 Å². The summed E-state index contributed by atoms with van der Waals surface area (Å²) in [6, 6.07) is 7.61. The molecule has 0 fully saturated rings. The summed E-state index contributed by atoms with van der Waals surface area (Å²) >= 11 is 0. The second kappa shape index (κ2) is 3.49. The SMILES string of the molecule is OC1(C2=NCCN2)CCOc2ccccc21. The maximum atomic E-state index is 10.7. The van der Waals surface area contributed by atoms with Gasteiger partial charge in [-0.05, 0) is 6.07 Å². The highest BCUT2D eigenvalue weighted by Crippen LogP contribution is 2.37. The van der Waals surface area contributed by atoms with Gasteiger partial charge in [0.15, 0.2) is 5.60 Å². The van der Waals surface area contributed by atoms with Gasteiger partial charge in [-0.25, -0.2) is 0 Å². The second-order valence-electron chi connectivity index (χ2n) is 4.11. The number of aliphatic hydroxyl groups is 1. The fraction of sp³-hybridized carbons (Fsp3) is 0.417. The van der Waals surface area contributed by atoms with Crippen molar-refractivity contribution in [3.8, 4) is 5.75 Å². The number of aliphatic imine (C=N–C) groups is 1. The third kappa shape index (κ3) is 1.30. The highest BCUT2D eigenvalue weighted by atomic mass is 16.5. The normalized spacial score (nSPS) is 27.7. The third-order valence-corrected chi connectivity index (χ3v) is 3.12. The summed E-state index contributed by atoms with van der Waals surface area (Å²) in [6.45, 7) is 2.07. The molecule has 0 aliphatic carbocycles. The summed E-state index contributed by atoms with van der Waals surface area (Å²) in [7, 11) is 0. The monoisotopic (exact) mass is 218 g/mol. The van der Waals surface area contributed by atoms with Crippen molar-refractivity contribution in [2.24, 2.45) is 4.99 Å². The van der Waals surface area contributed by atoms with E-state index in [9.17, 15) is 5.11 Å². The zero-order chi connectivity index (χ0) is 11.0.